The first-order chi connectivity index (χ1) is 10.7. The number of H-pyrrole nitrogens is 1. The smallest absolute Gasteiger partial charge is 0.325 e. The van der Waals surface area contributed by atoms with E-state index >= 15 is 0 Å². The van der Waals surface area contributed by atoms with Gasteiger partial charge in [0.25, 0.3) is 5.56 Å². The number of aryl methyl sites for hydroxylation is 3. The van der Waals surface area contributed by atoms with Crippen LogP contribution in [0.4, 0.5) is 0 Å². The van der Waals surface area contributed by atoms with Gasteiger partial charge in [0.15, 0.2) is 5.65 Å². The number of amides is 1. The van der Waals surface area contributed by atoms with Gasteiger partial charge in [0, 0.05) is 19.2 Å². The highest BCUT2D eigenvalue weighted by Gasteiger charge is 2.17. The Balaban J connectivity index is 2.24. The normalized spacial score (nSPS) is 12.3. The molecule has 2 rings (SSSR count). The number of carbonyl (C=O) groups is 2. The predicted octanol–water partition coefficient (Wildman–Crippen LogP) is 0.400. The van der Waals surface area contributed by atoms with Gasteiger partial charge in [0.1, 0.15) is 6.04 Å². The summed E-state index contributed by atoms with van der Waals surface area (Å²) in [6, 6.07) is -0.928. The first-order valence-electron chi connectivity index (χ1n) is 7.29. The number of carboxylic acid groups (broad SMARTS) is 1. The van der Waals surface area contributed by atoms with Crippen LogP contribution < -0.4 is 10.9 Å². The SMILES string of the molecule is Cc1nc2c(c(C)c1CCC(=O)N[C@@H](C)C(=O)O)c(=O)[nH]n2C. The lowest BCUT2D eigenvalue weighted by Gasteiger charge is -2.12. The van der Waals surface area contributed by atoms with Crippen LogP contribution >= 0.6 is 0 Å². The second-order valence-electron chi connectivity index (χ2n) is 5.63. The second kappa shape index (κ2) is 6.23. The Labute approximate surface area is 132 Å². The van der Waals surface area contributed by atoms with Crippen molar-refractivity contribution < 1.29 is 14.7 Å². The molecule has 23 heavy (non-hydrogen) atoms. The van der Waals surface area contributed by atoms with Crippen molar-refractivity contribution in [3.8, 4) is 0 Å². The zero-order valence-corrected chi connectivity index (χ0v) is 13.6. The summed E-state index contributed by atoms with van der Waals surface area (Å²) < 4.78 is 1.57. The Morgan fingerprint density at radius 2 is 2.04 bits per heavy atom. The third-order valence-electron chi connectivity index (χ3n) is 3.93. The second-order valence-corrected chi connectivity index (χ2v) is 5.63. The average Bonchev–Trinajstić information content (AvgIpc) is 2.73. The van der Waals surface area contributed by atoms with E-state index in [1.165, 1.54) is 6.92 Å². The molecule has 2 aromatic heterocycles. The molecule has 2 aromatic rings. The fourth-order valence-electron chi connectivity index (χ4n) is 2.63. The fourth-order valence-corrected chi connectivity index (χ4v) is 2.63. The van der Waals surface area contributed by atoms with Crippen molar-refractivity contribution in [2.24, 2.45) is 7.05 Å². The number of carboxylic acids is 1. The highest BCUT2D eigenvalue weighted by atomic mass is 16.4. The summed E-state index contributed by atoms with van der Waals surface area (Å²) in [7, 11) is 1.72. The molecule has 0 aliphatic rings. The molecule has 1 amide bonds. The van der Waals surface area contributed by atoms with Crippen LogP contribution in [0.3, 0.4) is 0 Å². The molecule has 0 fully saturated rings. The molecule has 0 radical (unpaired) electrons. The maximum absolute atomic E-state index is 12.0. The molecule has 8 heteroatoms. The van der Waals surface area contributed by atoms with Crippen LogP contribution in [-0.4, -0.2) is 37.8 Å². The van der Waals surface area contributed by atoms with Gasteiger partial charge in [-0.25, -0.2) is 4.98 Å². The van der Waals surface area contributed by atoms with Gasteiger partial charge >= 0.3 is 5.97 Å². The number of rotatable bonds is 5. The van der Waals surface area contributed by atoms with Crippen molar-refractivity contribution >= 4 is 22.9 Å². The summed E-state index contributed by atoms with van der Waals surface area (Å²) in [5.74, 6) is -1.43. The standard InChI is InChI=1S/C15H20N4O4/c1-7-10(5-6-11(20)16-9(3)15(22)23)8(2)17-13-12(7)14(21)18-19(13)4/h9H,5-6H2,1-4H3,(H,16,20)(H,18,21)(H,22,23)/t9-/m0/s1. The number of nitrogens with one attached hydrogen (secondary N) is 2. The zero-order chi connectivity index (χ0) is 17.3. The molecule has 0 aromatic carbocycles. The minimum atomic E-state index is -1.08. The van der Waals surface area contributed by atoms with Crippen LogP contribution in [0.5, 0.6) is 0 Å². The summed E-state index contributed by atoms with van der Waals surface area (Å²) in [6.45, 7) is 5.07. The topological polar surface area (TPSA) is 117 Å². The number of pyridine rings is 1. The molecule has 0 aliphatic carbocycles. The molecule has 0 aliphatic heterocycles. The van der Waals surface area contributed by atoms with E-state index in [9.17, 15) is 14.4 Å². The van der Waals surface area contributed by atoms with E-state index in [4.69, 9.17) is 5.11 Å². The first-order valence-corrected chi connectivity index (χ1v) is 7.29. The van der Waals surface area contributed by atoms with Crippen molar-refractivity contribution in [1.82, 2.24) is 20.1 Å². The van der Waals surface area contributed by atoms with Crippen molar-refractivity contribution in [3.05, 3.63) is 27.2 Å². The molecule has 0 unspecified atom stereocenters. The number of carbonyl (C=O) groups excluding carboxylic acids is 1. The fraction of sp³-hybridized carbons (Fsp3) is 0.467. The van der Waals surface area contributed by atoms with E-state index in [0.717, 1.165) is 16.8 Å². The largest absolute Gasteiger partial charge is 0.480 e. The van der Waals surface area contributed by atoms with Gasteiger partial charge < -0.3 is 10.4 Å². The number of aliphatic carboxylic acids is 1. The average molecular weight is 320 g/mol. The summed E-state index contributed by atoms with van der Waals surface area (Å²) in [5.41, 5.74) is 2.76. The highest BCUT2D eigenvalue weighted by Crippen LogP contribution is 2.20. The molecule has 0 spiro atoms. The van der Waals surface area contributed by atoms with E-state index in [-0.39, 0.29) is 17.9 Å². The number of aromatic nitrogens is 3. The number of nitrogens with zero attached hydrogens (tertiary/aromatic N) is 2. The molecular formula is C15H20N4O4. The molecular weight excluding hydrogens is 300 g/mol. The van der Waals surface area contributed by atoms with Crippen LogP contribution in [0.2, 0.25) is 0 Å². The summed E-state index contributed by atoms with van der Waals surface area (Å²) in [6.07, 6.45) is 0.532. The maximum Gasteiger partial charge on any atom is 0.325 e. The van der Waals surface area contributed by atoms with Crippen LogP contribution in [0, 0.1) is 13.8 Å². The number of fused-ring (bicyclic) bond motifs is 1. The summed E-state index contributed by atoms with van der Waals surface area (Å²) in [5, 5.41) is 14.4. The summed E-state index contributed by atoms with van der Waals surface area (Å²) in [4.78, 5) is 39.0. The van der Waals surface area contributed by atoms with Crippen molar-refractivity contribution in [1.29, 1.82) is 0 Å². The quantitative estimate of drug-likeness (QED) is 0.737. The molecule has 124 valence electrons. The minimum absolute atomic E-state index is 0.136. The third kappa shape index (κ3) is 3.25. The van der Waals surface area contributed by atoms with E-state index < -0.39 is 12.0 Å². The lowest BCUT2D eigenvalue weighted by atomic mass is 10.00. The van der Waals surface area contributed by atoms with Crippen LogP contribution in [0.25, 0.3) is 11.0 Å². The van der Waals surface area contributed by atoms with Crippen molar-refractivity contribution in [2.75, 3.05) is 0 Å². The van der Waals surface area contributed by atoms with Gasteiger partial charge in [0.05, 0.1) is 5.39 Å². The van der Waals surface area contributed by atoms with Gasteiger partial charge in [-0.1, -0.05) is 0 Å². The Morgan fingerprint density at radius 1 is 1.39 bits per heavy atom. The lowest BCUT2D eigenvalue weighted by molar-refractivity contribution is -0.141. The zero-order valence-electron chi connectivity index (χ0n) is 13.6. The Morgan fingerprint density at radius 3 is 2.65 bits per heavy atom. The van der Waals surface area contributed by atoms with E-state index in [0.29, 0.717) is 17.5 Å². The van der Waals surface area contributed by atoms with E-state index in [2.05, 4.69) is 15.4 Å². The predicted molar refractivity (Wildman–Crippen MR) is 84.4 cm³/mol. The van der Waals surface area contributed by atoms with Crippen LogP contribution in [0.1, 0.15) is 30.2 Å². The van der Waals surface area contributed by atoms with Gasteiger partial charge in [-0.2, -0.15) is 0 Å². The maximum atomic E-state index is 12.0. The summed E-state index contributed by atoms with van der Waals surface area (Å²) >= 11 is 0. The monoisotopic (exact) mass is 320 g/mol. The first kappa shape index (κ1) is 16.7. The van der Waals surface area contributed by atoms with Crippen molar-refractivity contribution in [3.63, 3.8) is 0 Å². The number of aromatic amines is 1. The molecule has 2 heterocycles. The molecule has 0 saturated carbocycles. The third-order valence-corrected chi connectivity index (χ3v) is 3.93. The molecule has 0 saturated heterocycles. The van der Waals surface area contributed by atoms with Crippen molar-refractivity contribution in [2.45, 2.75) is 39.7 Å². The van der Waals surface area contributed by atoms with Crippen LogP contribution in [0.15, 0.2) is 4.79 Å². The lowest BCUT2D eigenvalue weighted by Crippen LogP contribution is -2.38. The van der Waals surface area contributed by atoms with Gasteiger partial charge in [0.2, 0.25) is 5.91 Å². The van der Waals surface area contributed by atoms with Crippen LogP contribution in [-0.2, 0) is 23.1 Å². The van der Waals surface area contributed by atoms with Gasteiger partial charge in [-0.15, -0.1) is 0 Å². The molecule has 1 atom stereocenters. The Kier molecular flexibility index (Phi) is 4.53. The molecule has 3 N–H and O–H groups in total. The molecule has 8 nitrogen and oxygen atoms in total. The number of hydrogen-bond donors (Lipinski definition) is 3. The Bertz CT molecular complexity index is 834. The van der Waals surface area contributed by atoms with Gasteiger partial charge in [-0.3, -0.25) is 24.2 Å². The highest BCUT2D eigenvalue weighted by molar-refractivity contribution is 5.84. The van der Waals surface area contributed by atoms with E-state index in [1.807, 2.05) is 13.8 Å². The Hall–Kier alpha value is -2.64. The van der Waals surface area contributed by atoms with E-state index in [1.54, 1.807) is 11.7 Å². The number of hydrogen-bond acceptors (Lipinski definition) is 4. The minimum Gasteiger partial charge on any atom is -0.480 e. The molecule has 0 bridgehead atoms. The van der Waals surface area contributed by atoms with Gasteiger partial charge in [-0.05, 0) is 38.3 Å².